The molecular weight excluding hydrogens is 216 g/mol. The molecule has 2 rings (SSSR count). The third kappa shape index (κ3) is 2.17. The Balaban J connectivity index is 1.95. The van der Waals surface area contributed by atoms with Gasteiger partial charge in [0.15, 0.2) is 0 Å². The molecule has 2 heterocycles. The largest absolute Gasteiger partial charge is 0.301 e. The van der Waals surface area contributed by atoms with Crippen LogP contribution in [0.1, 0.15) is 12.8 Å². The first-order valence-electron chi connectivity index (χ1n) is 5.07. The molecule has 7 nitrogen and oxygen atoms in total. The molecule has 2 aliphatic rings. The molecule has 2 N–H and O–H groups in total. The summed E-state index contributed by atoms with van der Waals surface area (Å²) in [6.07, 6.45) is 0.818. The van der Waals surface area contributed by atoms with Gasteiger partial charge in [-0.15, -0.1) is 0 Å². The van der Waals surface area contributed by atoms with E-state index in [4.69, 9.17) is 9.68 Å². The molecule has 0 spiro atoms. The summed E-state index contributed by atoms with van der Waals surface area (Å²) in [5.74, 6) is -2.47. The van der Waals surface area contributed by atoms with E-state index in [-0.39, 0.29) is 0 Å². The highest BCUT2D eigenvalue weighted by Crippen LogP contribution is 2.07. The van der Waals surface area contributed by atoms with Gasteiger partial charge in [0.05, 0.1) is 13.2 Å². The van der Waals surface area contributed by atoms with Crippen LogP contribution in [0.2, 0.25) is 0 Å². The van der Waals surface area contributed by atoms with Gasteiger partial charge in [-0.1, -0.05) is 0 Å². The minimum absolute atomic E-state index is 0.364. The van der Waals surface area contributed by atoms with E-state index in [9.17, 15) is 14.4 Å². The van der Waals surface area contributed by atoms with E-state index < -0.39 is 29.4 Å². The van der Waals surface area contributed by atoms with Crippen LogP contribution in [0.5, 0.6) is 0 Å². The predicted molar refractivity (Wildman–Crippen MR) is 50.0 cm³/mol. The number of hydrogen-bond donors (Lipinski definition) is 2. The molecule has 0 bridgehead atoms. The summed E-state index contributed by atoms with van der Waals surface area (Å²) in [5.41, 5.74) is 4.82. The molecule has 0 amide bonds. The van der Waals surface area contributed by atoms with Crippen LogP contribution in [0.3, 0.4) is 0 Å². The zero-order chi connectivity index (χ0) is 11.5. The van der Waals surface area contributed by atoms with E-state index in [0.717, 1.165) is 0 Å². The third-order valence-electron chi connectivity index (χ3n) is 2.55. The summed E-state index contributed by atoms with van der Waals surface area (Å²) in [4.78, 5) is 44.2. The van der Waals surface area contributed by atoms with Crippen molar-refractivity contribution in [3.63, 3.8) is 0 Å². The Morgan fingerprint density at radius 3 is 1.62 bits per heavy atom. The Hall–Kier alpha value is -1.15. The SMILES string of the molecule is O=C(C(=O)[C@@H]1CCON1)C(=O)[C@@H]1CCON1. The summed E-state index contributed by atoms with van der Waals surface area (Å²) in [7, 11) is 0. The summed E-state index contributed by atoms with van der Waals surface area (Å²) < 4.78 is 0. The molecule has 7 heteroatoms. The van der Waals surface area contributed by atoms with Crippen molar-refractivity contribution in [1.82, 2.24) is 11.0 Å². The van der Waals surface area contributed by atoms with Crippen molar-refractivity contribution < 1.29 is 24.1 Å². The number of ketones is 3. The highest BCUT2D eigenvalue weighted by Gasteiger charge is 2.37. The summed E-state index contributed by atoms with van der Waals surface area (Å²) in [6, 6.07) is -1.39. The van der Waals surface area contributed by atoms with Crippen molar-refractivity contribution >= 4 is 17.3 Å². The lowest BCUT2D eigenvalue weighted by Gasteiger charge is -2.08. The molecule has 0 aliphatic carbocycles. The van der Waals surface area contributed by atoms with Crippen molar-refractivity contribution in [3.8, 4) is 0 Å². The predicted octanol–water partition coefficient (Wildman–Crippen LogP) is -1.72. The Kier molecular flexibility index (Phi) is 3.39. The third-order valence-corrected chi connectivity index (χ3v) is 2.55. The van der Waals surface area contributed by atoms with Crippen LogP contribution in [-0.4, -0.2) is 42.6 Å². The van der Waals surface area contributed by atoms with Crippen molar-refractivity contribution in [2.45, 2.75) is 24.9 Å². The first kappa shape index (κ1) is 11.3. The molecule has 0 radical (unpaired) electrons. The van der Waals surface area contributed by atoms with Crippen LogP contribution in [-0.2, 0) is 24.1 Å². The van der Waals surface area contributed by atoms with E-state index in [0.29, 0.717) is 26.1 Å². The highest BCUT2D eigenvalue weighted by atomic mass is 16.7. The van der Waals surface area contributed by atoms with Crippen LogP contribution in [0.25, 0.3) is 0 Å². The van der Waals surface area contributed by atoms with Gasteiger partial charge in [0.25, 0.3) is 5.78 Å². The highest BCUT2D eigenvalue weighted by molar-refractivity contribution is 6.65. The summed E-state index contributed by atoms with van der Waals surface area (Å²) >= 11 is 0. The van der Waals surface area contributed by atoms with Crippen molar-refractivity contribution in [2.75, 3.05) is 13.2 Å². The van der Waals surface area contributed by atoms with Crippen molar-refractivity contribution in [3.05, 3.63) is 0 Å². The molecule has 0 aromatic heterocycles. The molecular formula is C9H12N2O5. The summed E-state index contributed by atoms with van der Waals surface area (Å²) in [5, 5.41) is 0. The van der Waals surface area contributed by atoms with Gasteiger partial charge in [-0.25, -0.2) is 0 Å². The second-order valence-corrected chi connectivity index (χ2v) is 3.67. The molecule has 0 unspecified atom stereocenters. The Labute approximate surface area is 91.4 Å². The van der Waals surface area contributed by atoms with Gasteiger partial charge in [-0.05, 0) is 12.8 Å². The maximum atomic E-state index is 11.6. The van der Waals surface area contributed by atoms with Gasteiger partial charge in [-0.2, -0.15) is 11.0 Å². The monoisotopic (exact) mass is 228 g/mol. The van der Waals surface area contributed by atoms with E-state index in [2.05, 4.69) is 11.0 Å². The van der Waals surface area contributed by atoms with Crippen LogP contribution < -0.4 is 11.0 Å². The fourth-order valence-corrected chi connectivity index (χ4v) is 1.60. The Morgan fingerprint density at radius 2 is 1.31 bits per heavy atom. The van der Waals surface area contributed by atoms with Crippen LogP contribution in [0, 0.1) is 0 Å². The number of rotatable bonds is 4. The van der Waals surface area contributed by atoms with E-state index in [1.54, 1.807) is 0 Å². The zero-order valence-electron chi connectivity index (χ0n) is 8.52. The molecule has 16 heavy (non-hydrogen) atoms. The van der Waals surface area contributed by atoms with Gasteiger partial charge >= 0.3 is 0 Å². The number of carbonyl (C=O) groups excluding carboxylic acids is 3. The minimum Gasteiger partial charge on any atom is -0.301 e. The van der Waals surface area contributed by atoms with Gasteiger partial charge in [0, 0.05) is 0 Å². The first-order valence-corrected chi connectivity index (χ1v) is 5.07. The van der Waals surface area contributed by atoms with Crippen LogP contribution >= 0.6 is 0 Å². The van der Waals surface area contributed by atoms with Gasteiger partial charge in [0.1, 0.15) is 12.1 Å². The average molecular weight is 228 g/mol. The quantitative estimate of drug-likeness (QED) is 0.436. The Bertz CT molecular complexity index is 288. The molecule has 0 saturated carbocycles. The minimum atomic E-state index is -0.994. The fraction of sp³-hybridized carbons (Fsp3) is 0.667. The maximum Gasteiger partial charge on any atom is 0.267 e. The standard InChI is InChI=1S/C9H12N2O5/c12-7(5-1-3-15-10-5)9(14)8(13)6-2-4-16-11-6/h5-6,10-11H,1-4H2/t5-,6-/m0/s1. The van der Waals surface area contributed by atoms with Crippen LogP contribution in [0.15, 0.2) is 0 Å². The molecule has 88 valence electrons. The van der Waals surface area contributed by atoms with Gasteiger partial charge in [-0.3, -0.25) is 14.4 Å². The first-order chi connectivity index (χ1) is 7.70. The second kappa shape index (κ2) is 4.79. The lowest BCUT2D eigenvalue weighted by molar-refractivity contribution is -0.146. The number of Topliss-reactive ketones (excluding diaryl/α,β-unsaturated/α-hetero) is 3. The molecule has 2 fully saturated rings. The summed E-state index contributed by atoms with van der Waals surface area (Å²) in [6.45, 7) is 0.728. The molecule has 2 atom stereocenters. The number of carbonyl (C=O) groups is 3. The number of hydrogen-bond acceptors (Lipinski definition) is 7. The van der Waals surface area contributed by atoms with Crippen molar-refractivity contribution in [2.24, 2.45) is 0 Å². The van der Waals surface area contributed by atoms with E-state index in [1.165, 1.54) is 0 Å². The molecule has 0 aromatic carbocycles. The van der Waals surface area contributed by atoms with E-state index in [1.807, 2.05) is 0 Å². The van der Waals surface area contributed by atoms with Gasteiger partial charge < -0.3 is 9.68 Å². The maximum absolute atomic E-state index is 11.6. The topological polar surface area (TPSA) is 93.7 Å². The Morgan fingerprint density at radius 1 is 0.875 bits per heavy atom. The lowest BCUT2D eigenvalue weighted by Crippen LogP contribution is -2.44. The molecule has 0 aromatic rings. The molecule has 2 saturated heterocycles. The normalized spacial score (nSPS) is 29.2. The lowest BCUT2D eigenvalue weighted by atomic mass is 9.99. The van der Waals surface area contributed by atoms with Crippen molar-refractivity contribution in [1.29, 1.82) is 0 Å². The zero-order valence-corrected chi connectivity index (χ0v) is 8.52. The van der Waals surface area contributed by atoms with E-state index >= 15 is 0 Å². The molecule has 2 aliphatic heterocycles. The smallest absolute Gasteiger partial charge is 0.267 e. The second-order valence-electron chi connectivity index (χ2n) is 3.67. The van der Waals surface area contributed by atoms with Crippen LogP contribution in [0.4, 0.5) is 0 Å². The average Bonchev–Trinajstić information content (AvgIpc) is 2.97. The number of nitrogens with one attached hydrogen (secondary N) is 2. The number of hydroxylamine groups is 2. The fourth-order valence-electron chi connectivity index (χ4n) is 1.60. The van der Waals surface area contributed by atoms with Gasteiger partial charge in [0.2, 0.25) is 11.6 Å².